The molecule has 0 aliphatic carbocycles. The van der Waals surface area contributed by atoms with Gasteiger partial charge in [-0.15, -0.1) is 10.2 Å². The maximum Gasteiger partial charge on any atom is 0.233 e. The van der Waals surface area contributed by atoms with Crippen molar-refractivity contribution < 1.29 is 4.79 Å². The number of nitrogens with zero attached hydrogens (tertiary/aromatic N) is 3. The van der Waals surface area contributed by atoms with Gasteiger partial charge in [-0.2, -0.15) is 0 Å². The fourth-order valence-electron chi connectivity index (χ4n) is 2.66. The average Bonchev–Trinajstić information content (AvgIpc) is 3.10. The molecule has 0 aliphatic heterocycles. The van der Waals surface area contributed by atoms with Gasteiger partial charge in [0.1, 0.15) is 5.01 Å². The number of anilines is 1. The maximum atomic E-state index is 12.8. The van der Waals surface area contributed by atoms with E-state index in [0.29, 0.717) is 18.1 Å². The van der Waals surface area contributed by atoms with Gasteiger partial charge in [-0.05, 0) is 24.5 Å². The molecule has 2 aromatic carbocycles. The largest absolute Gasteiger partial charge is 0.286 e. The second-order valence-electron chi connectivity index (χ2n) is 5.91. The number of carbonyl (C=O) groups excluding carboxylic acids is 1. The molecule has 0 unspecified atom stereocenters. The first-order valence-electron chi connectivity index (χ1n) is 8.43. The van der Waals surface area contributed by atoms with Crippen molar-refractivity contribution in [3.05, 3.63) is 65.7 Å². The van der Waals surface area contributed by atoms with Gasteiger partial charge in [0, 0.05) is 12.1 Å². The molecule has 5 heteroatoms. The molecule has 0 bridgehead atoms. The molecule has 0 saturated heterocycles. The molecule has 0 radical (unpaired) electrons. The number of hydrogen-bond acceptors (Lipinski definition) is 4. The van der Waals surface area contributed by atoms with E-state index in [1.165, 1.54) is 11.3 Å². The first-order valence-corrected chi connectivity index (χ1v) is 9.24. The summed E-state index contributed by atoms with van der Waals surface area (Å²) < 4.78 is 0. The van der Waals surface area contributed by atoms with Gasteiger partial charge in [0.25, 0.3) is 0 Å². The van der Waals surface area contributed by atoms with E-state index < -0.39 is 0 Å². The van der Waals surface area contributed by atoms with Crippen LogP contribution in [-0.4, -0.2) is 22.6 Å². The summed E-state index contributed by atoms with van der Waals surface area (Å²) in [7, 11) is 0. The molecular formula is C20H21N3OS. The number of benzene rings is 2. The highest BCUT2D eigenvalue weighted by molar-refractivity contribution is 7.18. The van der Waals surface area contributed by atoms with Crippen molar-refractivity contribution in [1.29, 1.82) is 0 Å². The zero-order valence-electron chi connectivity index (χ0n) is 14.5. The quantitative estimate of drug-likeness (QED) is 0.657. The third kappa shape index (κ3) is 4.12. The van der Waals surface area contributed by atoms with Crippen LogP contribution >= 0.6 is 11.3 Å². The van der Waals surface area contributed by atoms with Gasteiger partial charge in [-0.25, -0.2) is 0 Å². The number of carbonyl (C=O) groups is 1. The molecule has 0 atom stereocenters. The zero-order valence-corrected chi connectivity index (χ0v) is 15.3. The predicted octanol–water partition coefficient (Wildman–Crippen LogP) is 4.50. The fourth-order valence-corrected chi connectivity index (χ4v) is 3.64. The Bertz CT molecular complexity index is 845. The Balaban J connectivity index is 1.84. The van der Waals surface area contributed by atoms with E-state index in [1.807, 2.05) is 48.5 Å². The molecule has 1 aromatic heterocycles. The van der Waals surface area contributed by atoms with E-state index >= 15 is 0 Å². The summed E-state index contributed by atoms with van der Waals surface area (Å²) in [6.07, 6.45) is 1.25. The number of aromatic nitrogens is 2. The molecule has 0 aliphatic rings. The molecule has 3 aromatic rings. The van der Waals surface area contributed by atoms with Crippen LogP contribution in [0.4, 0.5) is 5.13 Å². The Hall–Kier alpha value is -2.53. The minimum Gasteiger partial charge on any atom is -0.286 e. The van der Waals surface area contributed by atoms with Crippen LogP contribution in [0.25, 0.3) is 10.6 Å². The Labute approximate surface area is 152 Å². The van der Waals surface area contributed by atoms with Crippen molar-refractivity contribution in [1.82, 2.24) is 10.2 Å². The van der Waals surface area contributed by atoms with E-state index in [-0.39, 0.29) is 5.91 Å². The van der Waals surface area contributed by atoms with Crippen LogP contribution in [0, 0.1) is 6.92 Å². The van der Waals surface area contributed by atoms with Crippen molar-refractivity contribution in [2.75, 3.05) is 11.4 Å². The van der Waals surface area contributed by atoms with Crippen LogP contribution in [0.2, 0.25) is 0 Å². The smallest absolute Gasteiger partial charge is 0.233 e. The Morgan fingerprint density at radius 3 is 2.48 bits per heavy atom. The highest BCUT2D eigenvalue weighted by Crippen LogP contribution is 2.31. The van der Waals surface area contributed by atoms with Crippen LogP contribution in [0.1, 0.15) is 24.5 Å². The summed E-state index contributed by atoms with van der Waals surface area (Å²) in [5.41, 5.74) is 3.23. The summed E-state index contributed by atoms with van der Waals surface area (Å²) in [5, 5.41) is 10.1. The van der Waals surface area contributed by atoms with Gasteiger partial charge in [0.15, 0.2) is 0 Å². The van der Waals surface area contributed by atoms with Gasteiger partial charge in [0.2, 0.25) is 11.0 Å². The molecule has 4 nitrogen and oxygen atoms in total. The topological polar surface area (TPSA) is 46.1 Å². The summed E-state index contributed by atoms with van der Waals surface area (Å²) in [5.74, 6) is 0.0560. The van der Waals surface area contributed by atoms with Gasteiger partial charge in [-0.1, -0.05) is 72.9 Å². The van der Waals surface area contributed by atoms with Crippen molar-refractivity contribution in [3.8, 4) is 10.6 Å². The summed E-state index contributed by atoms with van der Waals surface area (Å²) in [6, 6.07) is 17.9. The number of amides is 1. The van der Waals surface area contributed by atoms with Crippen LogP contribution < -0.4 is 4.90 Å². The van der Waals surface area contributed by atoms with E-state index in [4.69, 9.17) is 0 Å². The van der Waals surface area contributed by atoms with Gasteiger partial charge < -0.3 is 0 Å². The summed E-state index contributed by atoms with van der Waals surface area (Å²) in [4.78, 5) is 14.5. The molecule has 0 fully saturated rings. The van der Waals surface area contributed by atoms with E-state index in [0.717, 1.165) is 28.1 Å². The third-order valence-corrected chi connectivity index (χ3v) is 4.95. The minimum absolute atomic E-state index is 0.0560. The molecule has 3 rings (SSSR count). The molecule has 1 heterocycles. The minimum atomic E-state index is 0.0560. The molecule has 128 valence electrons. The fraction of sp³-hybridized carbons (Fsp3) is 0.250. The monoisotopic (exact) mass is 351 g/mol. The lowest BCUT2D eigenvalue weighted by Crippen LogP contribution is -2.32. The number of rotatable bonds is 6. The lowest BCUT2D eigenvalue weighted by atomic mass is 10.1. The third-order valence-electron chi connectivity index (χ3n) is 3.97. The molecule has 0 N–H and O–H groups in total. The second-order valence-corrected chi connectivity index (χ2v) is 6.87. The number of aryl methyl sites for hydroxylation is 1. The standard InChI is InChI=1S/C20H21N3OS/c1-3-13-23(18(24)14-16-10-5-4-6-11-16)20-22-21-19(25-20)17-12-8-7-9-15(17)2/h4-12H,3,13-14H2,1-2H3. The molecule has 0 saturated carbocycles. The number of hydrogen-bond donors (Lipinski definition) is 0. The van der Waals surface area contributed by atoms with E-state index in [2.05, 4.69) is 30.1 Å². The van der Waals surface area contributed by atoms with Crippen LogP contribution in [0.5, 0.6) is 0 Å². The molecular weight excluding hydrogens is 330 g/mol. The van der Waals surface area contributed by atoms with Crippen molar-refractivity contribution in [3.63, 3.8) is 0 Å². The average molecular weight is 351 g/mol. The second kappa shape index (κ2) is 8.03. The Kier molecular flexibility index (Phi) is 5.56. The highest BCUT2D eigenvalue weighted by Gasteiger charge is 2.20. The highest BCUT2D eigenvalue weighted by atomic mass is 32.1. The summed E-state index contributed by atoms with van der Waals surface area (Å²) in [6.45, 7) is 4.76. The lowest BCUT2D eigenvalue weighted by Gasteiger charge is -2.18. The van der Waals surface area contributed by atoms with Crippen molar-refractivity contribution >= 4 is 22.4 Å². The predicted molar refractivity (Wildman–Crippen MR) is 103 cm³/mol. The zero-order chi connectivity index (χ0) is 17.6. The van der Waals surface area contributed by atoms with Crippen LogP contribution in [-0.2, 0) is 11.2 Å². The Morgan fingerprint density at radius 2 is 1.76 bits per heavy atom. The molecule has 1 amide bonds. The van der Waals surface area contributed by atoms with Gasteiger partial charge in [0.05, 0.1) is 6.42 Å². The van der Waals surface area contributed by atoms with Gasteiger partial charge in [-0.3, -0.25) is 9.69 Å². The molecule has 25 heavy (non-hydrogen) atoms. The SMILES string of the molecule is CCCN(C(=O)Cc1ccccc1)c1nnc(-c2ccccc2C)s1. The summed E-state index contributed by atoms with van der Waals surface area (Å²) >= 11 is 1.47. The van der Waals surface area contributed by atoms with Crippen molar-refractivity contribution in [2.24, 2.45) is 0 Å². The van der Waals surface area contributed by atoms with E-state index in [9.17, 15) is 4.79 Å². The molecule has 0 spiro atoms. The first-order chi connectivity index (χ1) is 12.2. The van der Waals surface area contributed by atoms with E-state index in [1.54, 1.807) is 4.90 Å². The van der Waals surface area contributed by atoms with Gasteiger partial charge >= 0.3 is 0 Å². The van der Waals surface area contributed by atoms with Crippen LogP contribution in [0.15, 0.2) is 54.6 Å². The van der Waals surface area contributed by atoms with Crippen molar-refractivity contribution in [2.45, 2.75) is 26.7 Å². The lowest BCUT2D eigenvalue weighted by molar-refractivity contribution is -0.118. The normalized spacial score (nSPS) is 10.6. The maximum absolute atomic E-state index is 12.8. The Morgan fingerprint density at radius 1 is 1.04 bits per heavy atom. The van der Waals surface area contributed by atoms with Crippen LogP contribution in [0.3, 0.4) is 0 Å². The first kappa shape index (κ1) is 17.3.